The van der Waals surface area contributed by atoms with Crippen molar-refractivity contribution < 1.29 is 4.43 Å². The van der Waals surface area contributed by atoms with Crippen LogP contribution >= 0.6 is 0 Å². The first-order valence-electron chi connectivity index (χ1n) is 6.22. The van der Waals surface area contributed by atoms with Crippen molar-refractivity contribution in [3.05, 3.63) is 10.2 Å². The Balaban J connectivity index is 3.73. The first-order chi connectivity index (χ1) is 7.31. The Labute approximate surface area is 113 Å². The molecular formula is C13H28OSiTe. The summed E-state index contributed by atoms with van der Waals surface area (Å²) in [7, 11) is -1.52. The van der Waals surface area contributed by atoms with Crippen molar-refractivity contribution in [3.8, 4) is 0 Å². The summed E-state index contributed by atoms with van der Waals surface area (Å²) in [5, 5.41) is 0.333. The van der Waals surface area contributed by atoms with Crippen molar-refractivity contribution in [1.82, 2.24) is 0 Å². The Hall–Kier alpha value is 0.706. The SMILES string of the molecule is CCCC[Te]/C=C\CO[Si](C)(C)C(C)(C)C. The van der Waals surface area contributed by atoms with E-state index < -0.39 is 8.32 Å². The number of rotatable bonds is 7. The Morgan fingerprint density at radius 2 is 1.88 bits per heavy atom. The van der Waals surface area contributed by atoms with Crippen LogP contribution in [0, 0.1) is 0 Å². The van der Waals surface area contributed by atoms with E-state index in [1.54, 1.807) is 0 Å². The van der Waals surface area contributed by atoms with Gasteiger partial charge in [0.2, 0.25) is 0 Å². The Morgan fingerprint density at radius 1 is 1.25 bits per heavy atom. The molecule has 0 bridgehead atoms. The average molecular weight is 356 g/mol. The van der Waals surface area contributed by atoms with Crippen LogP contribution in [-0.2, 0) is 4.43 Å². The number of hydrogen-bond donors (Lipinski definition) is 0. The molecule has 96 valence electrons. The molecule has 1 nitrogen and oxygen atoms in total. The van der Waals surface area contributed by atoms with Crippen molar-refractivity contribution in [3.63, 3.8) is 0 Å². The first-order valence-corrected chi connectivity index (χ1v) is 12.1. The van der Waals surface area contributed by atoms with Crippen molar-refractivity contribution in [1.29, 1.82) is 0 Å². The van der Waals surface area contributed by atoms with Gasteiger partial charge in [-0.1, -0.05) is 0 Å². The molecule has 0 amide bonds. The van der Waals surface area contributed by atoms with E-state index in [9.17, 15) is 0 Å². The van der Waals surface area contributed by atoms with Crippen LogP contribution in [0.4, 0.5) is 0 Å². The van der Waals surface area contributed by atoms with Crippen LogP contribution in [-0.4, -0.2) is 35.8 Å². The molecule has 0 aromatic rings. The van der Waals surface area contributed by atoms with Gasteiger partial charge >= 0.3 is 114 Å². The molecule has 0 saturated heterocycles. The molecule has 0 aliphatic carbocycles. The fourth-order valence-electron chi connectivity index (χ4n) is 0.876. The van der Waals surface area contributed by atoms with Gasteiger partial charge in [0.1, 0.15) is 0 Å². The maximum atomic E-state index is 6.07. The van der Waals surface area contributed by atoms with E-state index in [4.69, 9.17) is 4.43 Å². The van der Waals surface area contributed by atoms with E-state index in [0.29, 0.717) is 5.04 Å². The second kappa shape index (κ2) is 7.92. The second-order valence-corrected chi connectivity index (χ2v) is 13.4. The van der Waals surface area contributed by atoms with E-state index >= 15 is 0 Å². The van der Waals surface area contributed by atoms with E-state index in [2.05, 4.69) is 51.0 Å². The minimum absolute atomic E-state index is 0.130. The normalized spacial score (nSPS) is 13.6. The van der Waals surface area contributed by atoms with E-state index in [-0.39, 0.29) is 20.9 Å². The molecule has 3 heteroatoms. The topological polar surface area (TPSA) is 9.23 Å². The quantitative estimate of drug-likeness (QED) is 0.484. The molecule has 0 spiro atoms. The van der Waals surface area contributed by atoms with Crippen LogP contribution in [0.15, 0.2) is 10.2 Å². The van der Waals surface area contributed by atoms with Crippen molar-refractivity contribution in [2.45, 2.75) is 63.1 Å². The third-order valence-electron chi connectivity index (χ3n) is 3.15. The van der Waals surface area contributed by atoms with Gasteiger partial charge in [-0.25, -0.2) is 0 Å². The zero-order chi connectivity index (χ0) is 12.7. The van der Waals surface area contributed by atoms with Crippen LogP contribution < -0.4 is 0 Å². The summed E-state index contributed by atoms with van der Waals surface area (Å²) in [5.74, 6) is 0. The summed E-state index contributed by atoms with van der Waals surface area (Å²) >= 11 is 0.130. The molecule has 0 fully saturated rings. The summed E-state index contributed by atoms with van der Waals surface area (Å²) < 4.78 is 9.91. The van der Waals surface area contributed by atoms with Gasteiger partial charge in [-0.3, -0.25) is 0 Å². The third kappa shape index (κ3) is 7.11. The Bertz CT molecular complexity index is 206. The predicted molar refractivity (Wildman–Crippen MR) is 77.8 cm³/mol. The summed E-state index contributed by atoms with van der Waals surface area (Å²) in [6.45, 7) is 14.6. The summed E-state index contributed by atoms with van der Waals surface area (Å²) in [4.78, 5) is 0. The molecule has 0 unspecified atom stereocenters. The van der Waals surface area contributed by atoms with Crippen LogP contribution in [0.2, 0.25) is 22.6 Å². The standard InChI is InChI=1S/C13H28OSiTe/c1-7-8-11-16-12-9-10-14-15(5,6)13(2,3)4/h9,12H,7-8,10-11H2,1-6H3/b12-9-. The minimum atomic E-state index is -1.52. The molecule has 0 heterocycles. The van der Waals surface area contributed by atoms with Gasteiger partial charge in [-0.05, 0) is 0 Å². The first kappa shape index (κ1) is 16.7. The predicted octanol–water partition coefficient (Wildman–Crippen LogP) is 4.44. The molecule has 0 radical (unpaired) electrons. The van der Waals surface area contributed by atoms with E-state index in [0.717, 1.165) is 6.61 Å². The molecule has 16 heavy (non-hydrogen) atoms. The second-order valence-electron chi connectivity index (χ2n) is 5.67. The zero-order valence-electron chi connectivity index (χ0n) is 11.8. The van der Waals surface area contributed by atoms with Gasteiger partial charge in [-0.2, -0.15) is 0 Å². The van der Waals surface area contributed by atoms with Crippen LogP contribution in [0.25, 0.3) is 0 Å². The van der Waals surface area contributed by atoms with E-state index in [1.807, 2.05) is 0 Å². The van der Waals surface area contributed by atoms with Crippen molar-refractivity contribution in [2.75, 3.05) is 6.61 Å². The monoisotopic (exact) mass is 358 g/mol. The van der Waals surface area contributed by atoms with Gasteiger partial charge < -0.3 is 0 Å². The Morgan fingerprint density at radius 3 is 2.38 bits per heavy atom. The zero-order valence-corrected chi connectivity index (χ0v) is 15.1. The average Bonchev–Trinajstić information content (AvgIpc) is 2.14. The molecule has 0 aliphatic rings. The maximum absolute atomic E-state index is 6.07. The van der Waals surface area contributed by atoms with Gasteiger partial charge in [-0.15, -0.1) is 0 Å². The molecule has 0 aromatic carbocycles. The molecule has 0 aromatic heterocycles. The molecule has 0 saturated carbocycles. The van der Waals surface area contributed by atoms with Gasteiger partial charge in [0.05, 0.1) is 0 Å². The summed E-state index contributed by atoms with van der Waals surface area (Å²) in [6, 6.07) is 0. The van der Waals surface area contributed by atoms with Crippen molar-refractivity contribution in [2.24, 2.45) is 0 Å². The van der Waals surface area contributed by atoms with E-state index in [1.165, 1.54) is 17.3 Å². The van der Waals surface area contributed by atoms with Crippen LogP contribution in [0.5, 0.6) is 0 Å². The molecular weight excluding hydrogens is 328 g/mol. The van der Waals surface area contributed by atoms with Gasteiger partial charge in [0, 0.05) is 0 Å². The van der Waals surface area contributed by atoms with Gasteiger partial charge in [0.15, 0.2) is 0 Å². The number of hydrogen-bond acceptors (Lipinski definition) is 1. The fraction of sp³-hybridized carbons (Fsp3) is 0.846. The third-order valence-corrected chi connectivity index (χ3v) is 10.3. The Kier molecular flexibility index (Phi) is 8.27. The van der Waals surface area contributed by atoms with Crippen molar-refractivity contribution >= 4 is 29.2 Å². The van der Waals surface area contributed by atoms with Crippen LogP contribution in [0.1, 0.15) is 40.5 Å². The summed E-state index contributed by atoms with van der Waals surface area (Å²) in [6.07, 6.45) is 4.98. The molecule has 0 rings (SSSR count). The molecule has 0 atom stereocenters. The summed E-state index contributed by atoms with van der Waals surface area (Å²) in [5.41, 5.74) is 0. The fourth-order valence-corrected chi connectivity index (χ4v) is 4.12. The molecule has 0 aliphatic heterocycles. The van der Waals surface area contributed by atoms with Crippen LogP contribution in [0.3, 0.4) is 0 Å². The number of unbranched alkanes of at least 4 members (excludes halogenated alkanes) is 1. The molecule has 0 N–H and O–H groups in total. The van der Waals surface area contributed by atoms with Gasteiger partial charge in [0.25, 0.3) is 0 Å².